The molecule has 0 aliphatic heterocycles. The number of carbonyl (C=O) groups is 1. The van der Waals surface area contributed by atoms with E-state index in [1.807, 2.05) is 13.8 Å². The topological polar surface area (TPSA) is 76.0 Å². The highest BCUT2D eigenvalue weighted by molar-refractivity contribution is 5.75. The molecule has 0 spiro atoms. The summed E-state index contributed by atoms with van der Waals surface area (Å²) in [5.74, 6) is -0.221. The van der Waals surface area contributed by atoms with Crippen molar-refractivity contribution in [3.8, 4) is 0 Å². The standard InChI is InChI=1S/C10H16N4O2/c1-7(2)13-9(15)6-14-10(16)4-8(11-3)5-12-14/h4-5,7,11H,6H2,1-3H3,(H,13,15). The van der Waals surface area contributed by atoms with E-state index >= 15 is 0 Å². The first-order valence-corrected chi connectivity index (χ1v) is 5.07. The normalized spacial score (nSPS) is 10.2. The third-order valence-corrected chi connectivity index (χ3v) is 1.90. The van der Waals surface area contributed by atoms with Gasteiger partial charge in [0, 0.05) is 19.2 Å². The third-order valence-electron chi connectivity index (χ3n) is 1.90. The second-order valence-electron chi connectivity index (χ2n) is 3.71. The molecule has 0 saturated heterocycles. The zero-order valence-corrected chi connectivity index (χ0v) is 9.65. The van der Waals surface area contributed by atoms with E-state index in [0.717, 1.165) is 4.68 Å². The SMILES string of the molecule is CNc1cnn(CC(=O)NC(C)C)c(=O)c1. The van der Waals surface area contributed by atoms with Gasteiger partial charge in [0.1, 0.15) is 6.54 Å². The molecule has 6 nitrogen and oxygen atoms in total. The summed E-state index contributed by atoms with van der Waals surface area (Å²) in [6.45, 7) is 3.66. The molecule has 0 radical (unpaired) electrons. The van der Waals surface area contributed by atoms with Gasteiger partial charge < -0.3 is 10.6 Å². The predicted octanol–water partition coefficient (Wildman–Crippen LogP) is -0.190. The van der Waals surface area contributed by atoms with Crippen LogP contribution in [-0.4, -0.2) is 28.8 Å². The van der Waals surface area contributed by atoms with E-state index in [0.29, 0.717) is 5.69 Å². The Morgan fingerprint density at radius 2 is 2.25 bits per heavy atom. The van der Waals surface area contributed by atoms with Crippen LogP contribution in [0.25, 0.3) is 0 Å². The van der Waals surface area contributed by atoms with Gasteiger partial charge in [-0.1, -0.05) is 0 Å². The monoisotopic (exact) mass is 224 g/mol. The van der Waals surface area contributed by atoms with Gasteiger partial charge in [-0.2, -0.15) is 5.10 Å². The first-order chi connectivity index (χ1) is 7.52. The number of carbonyl (C=O) groups excluding carboxylic acids is 1. The molecule has 0 saturated carbocycles. The lowest BCUT2D eigenvalue weighted by Gasteiger charge is -2.09. The van der Waals surface area contributed by atoms with Crippen LogP contribution in [-0.2, 0) is 11.3 Å². The molecule has 0 aromatic carbocycles. The minimum absolute atomic E-state index is 0.0546. The Hall–Kier alpha value is -1.85. The largest absolute Gasteiger partial charge is 0.387 e. The van der Waals surface area contributed by atoms with Crippen molar-refractivity contribution in [2.45, 2.75) is 26.4 Å². The summed E-state index contributed by atoms with van der Waals surface area (Å²) in [7, 11) is 1.70. The van der Waals surface area contributed by atoms with Crippen LogP contribution in [0.4, 0.5) is 5.69 Å². The van der Waals surface area contributed by atoms with Gasteiger partial charge in [0.15, 0.2) is 0 Å². The first kappa shape index (κ1) is 12.2. The molecule has 6 heteroatoms. The molecule has 16 heavy (non-hydrogen) atoms. The van der Waals surface area contributed by atoms with Crippen molar-refractivity contribution in [1.82, 2.24) is 15.1 Å². The lowest BCUT2D eigenvalue weighted by molar-refractivity contribution is -0.122. The van der Waals surface area contributed by atoms with Crippen molar-refractivity contribution < 1.29 is 4.79 Å². The minimum atomic E-state index is -0.300. The number of nitrogens with zero attached hydrogens (tertiary/aromatic N) is 2. The Morgan fingerprint density at radius 1 is 1.56 bits per heavy atom. The van der Waals surface area contributed by atoms with Crippen LogP contribution in [0, 0.1) is 0 Å². The van der Waals surface area contributed by atoms with E-state index < -0.39 is 0 Å². The average molecular weight is 224 g/mol. The van der Waals surface area contributed by atoms with Gasteiger partial charge >= 0.3 is 0 Å². The van der Waals surface area contributed by atoms with E-state index in [1.54, 1.807) is 7.05 Å². The third kappa shape index (κ3) is 3.38. The van der Waals surface area contributed by atoms with Gasteiger partial charge in [-0.15, -0.1) is 0 Å². The Balaban J connectivity index is 2.75. The lowest BCUT2D eigenvalue weighted by Crippen LogP contribution is -2.36. The van der Waals surface area contributed by atoms with Crippen molar-refractivity contribution in [2.75, 3.05) is 12.4 Å². The van der Waals surface area contributed by atoms with E-state index in [4.69, 9.17) is 0 Å². The highest BCUT2D eigenvalue weighted by Gasteiger charge is 2.06. The Bertz CT molecular complexity index is 425. The first-order valence-electron chi connectivity index (χ1n) is 5.07. The molecular formula is C10H16N4O2. The molecule has 1 aromatic rings. The van der Waals surface area contributed by atoms with Crippen molar-refractivity contribution in [3.05, 3.63) is 22.6 Å². The zero-order valence-electron chi connectivity index (χ0n) is 9.65. The Labute approximate surface area is 93.7 Å². The molecule has 1 heterocycles. The minimum Gasteiger partial charge on any atom is -0.387 e. The molecule has 0 aliphatic rings. The van der Waals surface area contributed by atoms with Crippen LogP contribution in [0.3, 0.4) is 0 Å². The maximum atomic E-state index is 11.5. The highest BCUT2D eigenvalue weighted by Crippen LogP contribution is 1.96. The van der Waals surface area contributed by atoms with Gasteiger partial charge in [-0.3, -0.25) is 9.59 Å². The van der Waals surface area contributed by atoms with Crippen LogP contribution in [0.1, 0.15) is 13.8 Å². The molecular weight excluding hydrogens is 208 g/mol. The van der Waals surface area contributed by atoms with E-state index in [2.05, 4.69) is 15.7 Å². The maximum absolute atomic E-state index is 11.5. The lowest BCUT2D eigenvalue weighted by atomic mass is 10.4. The van der Waals surface area contributed by atoms with Gasteiger partial charge in [0.05, 0.1) is 11.9 Å². The fourth-order valence-corrected chi connectivity index (χ4v) is 1.19. The zero-order chi connectivity index (χ0) is 12.1. The summed E-state index contributed by atoms with van der Waals surface area (Å²) in [5.41, 5.74) is 0.330. The van der Waals surface area contributed by atoms with Gasteiger partial charge in [0.25, 0.3) is 5.56 Å². The van der Waals surface area contributed by atoms with E-state index in [1.165, 1.54) is 12.3 Å². The van der Waals surface area contributed by atoms with Crippen LogP contribution in [0.2, 0.25) is 0 Å². The average Bonchev–Trinajstić information content (AvgIpc) is 2.19. The number of aromatic nitrogens is 2. The summed E-state index contributed by atoms with van der Waals surface area (Å²) in [5, 5.41) is 9.37. The van der Waals surface area contributed by atoms with Gasteiger partial charge in [0.2, 0.25) is 5.91 Å². The molecule has 88 valence electrons. The van der Waals surface area contributed by atoms with Crippen LogP contribution >= 0.6 is 0 Å². The Morgan fingerprint density at radius 3 is 2.75 bits per heavy atom. The number of nitrogens with one attached hydrogen (secondary N) is 2. The summed E-state index contributed by atoms with van der Waals surface area (Å²) in [6, 6.07) is 1.45. The van der Waals surface area contributed by atoms with Crippen molar-refractivity contribution in [3.63, 3.8) is 0 Å². The predicted molar refractivity (Wildman–Crippen MR) is 61.3 cm³/mol. The number of hydrogen-bond donors (Lipinski definition) is 2. The quantitative estimate of drug-likeness (QED) is 0.743. The summed E-state index contributed by atoms with van der Waals surface area (Å²) >= 11 is 0. The Kier molecular flexibility index (Phi) is 4.04. The van der Waals surface area contributed by atoms with Crippen molar-refractivity contribution in [2.24, 2.45) is 0 Å². The van der Waals surface area contributed by atoms with Crippen LogP contribution in [0.15, 0.2) is 17.1 Å². The number of amides is 1. The molecule has 0 bridgehead atoms. The van der Waals surface area contributed by atoms with Crippen molar-refractivity contribution >= 4 is 11.6 Å². The number of rotatable bonds is 4. The van der Waals surface area contributed by atoms with Crippen LogP contribution < -0.4 is 16.2 Å². The summed E-state index contributed by atoms with van der Waals surface area (Å²) < 4.78 is 1.12. The molecule has 1 aromatic heterocycles. The fourth-order valence-electron chi connectivity index (χ4n) is 1.19. The number of anilines is 1. The van der Waals surface area contributed by atoms with Crippen LogP contribution in [0.5, 0.6) is 0 Å². The van der Waals surface area contributed by atoms with Gasteiger partial charge in [-0.05, 0) is 13.8 Å². The highest BCUT2D eigenvalue weighted by atomic mass is 16.2. The summed E-state index contributed by atoms with van der Waals surface area (Å²) in [4.78, 5) is 22.9. The van der Waals surface area contributed by atoms with Crippen molar-refractivity contribution in [1.29, 1.82) is 0 Å². The second kappa shape index (κ2) is 5.29. The molecule has 0 aliphatic carbocycles. The maximum Gasteiger partial charge on any atom is 0.269 e. The number of hydrogen-bond acceptors (Lipinski definition) is 4. The van der Waals surface area contributed by atoms with Gasteiger partial charge in [-0.25, -0.2) is 4.68 Å². The van der Waals surface area contributed by atoms with E-state index in [9.17, 15) is 9.59 Å². The van der Waals surface area contributed by atoms with E-state index in [-0.39, 0.29) is 24.1 Å². The molecule has 0 fully saturated rings. The molecule has 0 atom stereocenters. The fraction of sp³-hybridized carbons (Fsp3) is 0.500. The molecule has 1 rings (SSSR count). The summed E-state index contributed by atoms with van der Waals surface area (Å²) in [6.07, 6.45) is 1.50. The molecule has 0 unspecified atom stereocenters. The molecule has 2 N–H and O–H groups in total. The second-order valence-corrected chi connectivity index (χ2v) is 3.71. The molecule has 1 amide bonds. The smallest absolute Gasteiger partial charge is 0.269 e.